The van der Waals surface area contributed by atoms with E-state index in [1.807, 2.05) is 12.1 Å². The zero-order valence-corrected chi connectivity index (χ0v) is 18.4. The summed E-state index contributed by atoms with van der Waals surface area (Å²) in [5.41, 5.74) is 5.74. The zero-order valence-electron chi connectivity index (χ0n) is 17.6. The number of hydrogen-bond donors (Lipinski definition) is 1. The van der Waals surface area contributed by atoms with Crippen LogP contribution in [0.5, 0.6) is 0 Å². The van der Waals surface area contributed by atoms with Crippen molar-refractivity contribution in [1.82, 2.24) is 4.57 Å². The maximum atomic E-state index is 12.6. The van der Waals surface area contributed by atoms with Crippen LogP contribution in [0, 0.1) is 0 Å². The zero-order chi connectivity index (χ0) is 22.9. The number of carbonyl (C=O) groups excluding carboxylic acids is 1. The molecule has 4 rings (SSSR count). The highest BCUT2D eigenvalue weighted by molar-refractivity contribution is 8.00. The van der Waals surface area contributed by atoms with Crippen LogP contribution in [0.15, 0.2) is 65.6 Å². The quantitative estimate of drug-likeness (QED) is 0.308. The molecule has 32 heavy (non-hydrogen) atoms. The third kappa shape index (κ3) is 4.63. The summed E-state index contributed by atoms with van der Waals surface area (Å²) >= 11 is -0.121. The molecule has 3 aromatic carbocycles. The highest BCUT2D eigenvalue weighted by Gasteiger charge is 2.29. The molecule has 0 saturated heterocycles. The lowest BCUT2D eigenvalue weighted by Gasteiger charge is -2.10. The minimum Gasteiger partial charge on any atom is -0.366 e. The standard InChI is InChI=1S/C25H23F3N2OS/c1-2-3-5-16-10-13-19-22(14-16)30(21-7-4-6-20(23(19)21)24(29)31)15-17-8-11-18(12-9-17)32-25(26,27)28/h4,6-14H,2-3,5,15H2,1H3,(H2,29,31). The third-order valence-corrected chi connectivity index (χ3v) is 6.28. The lowest BCUT2D eigenvalue weighted by molar-refractivity contribution is -0.0328. The van der Waals surface area contributed by atoms with E-state index in [9.17, 15) is 18.0 Å². The van der Waals surface area contributed by atoms with Gasteiger partial charge >= 0.3 is 5.51 Å². The van der Waals surface area contributed by atoms with Crippen LogP contribution in [0.2, 0.25) is 0 Å². The smallest absolute Gasteiger partial charge is 0.366 e. The van der Waals surface area contributed by atoms with Gasteiger partial charge in [0.1, 0.15) is 0 Å². The number of benzene rings is 3. The molecule has 4 aromatic rings. The van der Waals surface area contributed by atoms with E-state index in [-0.39, 0.29) is 16.7 Å². The van der Waals surface area contributed by atoms with Crippen molar-refractivity contribution in [3.8, 4) is 0 Å². The van der Waals surface area contributed by atoms with Crippen LogP contribution in [0.25, 0.3) is 21.8 Å². The third-order valence-electron chi connectivity index (χ3n) is 5.54. The van der Waals surface area contributed by atoms with Gasteiger partial charge in [-0.05, 0) is 66.1 Å². The van der Waals surface area contributed by atoms with Crippen LogP contribution in [-0.2, 0) is 13.0 Å². The van der Waals surface area contributed by atoms with Gasteiger partial charge in [-0.2, -0.15) is 13.2 Å². The Morgan fingerprint density at radius 1 is 1.00 bits per heavy atom. The number of carbonyl (C=O) groups is 1. The van der Waals surface area contributed by atoms with E-state index >= 15 is 0 Å². The first-order valence-electron chi connectivity index (χ1n) is 10.4. The van der Waals surface area contributed by atoms with E-state index in [2.05, 4.69) is 23.6 Å². The van der Waals surface area contributed by atoms with E-state index in [4.69, 9.17) is 5.73 Å². The number of nitrogens with two attached hydrogens (primary N) is 1. The number of thioether (sulfide) groups is 1. The van der Waals surface area contributed by atoms with Crippen LogP contribution in [0.3, 0.4) is 0 Å². The van der Waals surface area contributed by atoms with E-state index < -0.39 is 11.4 Å². The van der Waals surface area contributed by atoms with Gasteiger partial charge < -0.3 is 10.3 Å². The lowest BCUT2D eigenvalue weighted by Crippen LogP contribution is -2.11. The molecule has 0 aliphatic rings. The average Bonchev–Trinajstić information content (AvgIpc) is 3.05. The van der Waals surface area contributed by atoms with Gasteiger partial charge in [-0.25, -0.2) is 0 Å². The molecule has 1 heterocycles. The average molecular weight is 457 g/mol. The summed E-state index contributed by atoms with van der Waals surface area (Å²) in [6.07, 6.45) is 3.13. The molecule has 0 fully saturated rings. The molecule has 0 bridgehead atoms. The van der Waals surface area contributed by atoms with Gasteiger partial charge in [0, 0.05) is 33.3 Å². The summed E-state index contributed by atoms with van der Waals surface area (Å²) in [5, 5.41) is 1.75. The van der Waals surface area contributed by atoms with E-state index in [0.717, 1.165) is 46.6 Å². The van der Waals surface area contributed by atoms with Gasteiger partial charge in [0.15, 0.2) is 0 Å². The minimum absolute atomic E-state index is 0.121. The first-order chi connectivity index (χ1) is 15.3. The highest BCUT2D eigenvalue weighted by atomic mass is 32.2. The number of halogens is 3. The second kappa shape index (κ2) is 8.90. The minimum atomic E-state index is -4.31. The normalized spacial score (nSPS) is 12.0. The van der Waals surface area contributed by atoms with Crippen molar-refractivity contribution in [2.75, 3.05) is 0 Å². The van der Waals surface area contributed by atoms with Crippen molar-refractivity contribution in [2.45, 2.75) is 43.1 Å². The van der Waals surface area contributed by atoms with Crippen LogP contribution >= 0.6 is 11.8 Å². The number of primary amides is 1. The van der Waals surface area contributed by atoms with Gasteiger partial charge in [0.2, 0.25) is 5.91 Å². The summed E-state index contributed by atoms with van der Waals surface area (Å²) in [6.45, 7) is 2.62. The van der Waals surface area contributed by atoms with Crippen molar-refractivity contribution in [2.24, 2.45) is 5.73 Å². The number of rotatable bonds is 7. The number of aromatic nitrogens is 1. The van der Waals surface area contributed by atoms with Crippen molar-refractivity contribution >= 4 is 39.5 Å². The van der Waals surface area contributed by atoms with Crippen molar-refractivity contribution in [3.63, 3.8) is 0 Å². The number of alkyl halides is 3. The first-order valence-corrected chi connectivity index (χ1v) is 11.3. The maximum Gasteiger partial charge on any atom is 0.446 e. The Hall–Kier alpha value is -2.93. The van der Waals surface area contributed by atoms with Crippen LogP contribution in [-0.4, -0.2) is 16.0 Å². The topological polar surface area (TPSA) is 48.0 Å². The molecule has 1 aromatic heterocycles. The van der Waals surface area contributed by atoms with Gasteiger partial charge in [0.05, 0.1) is 5.52 Å². The molecule has 3 nitrogen and oxygen atoms in total. The maximum absolute atomic E-state index is 12.6. The van der Waals surface area contributed by atoms with E-state index in [1.165, 1.54) is 17.7 Å². The Balaban J connectivity index is 1.82. The first kappa shape index (κ1) is 22.3. The second-order valence-corrected chi connectivity index (χ2v) is 8.94. The Morgan fingerprint density at radius 2 is 1.72 bits per heavy atom. The van der Waals surface area contributed by atoms with Crippen LogP contribution < -0.4 is 5.73 Å². The molecule has 0 saturated carbocycles. The largest absolute Gasteiger partial charge is 0.446 e. The summed E-state index contributed by atoms with van der Waals surface area (Å²) < 4.78 is 40.0. The Morgan fingerprint density at radius 3 is 2.38 bits per heavy atom. The Bertz CT molecular complexity index is 1280. The number of unbranched alkanes of at least 4 members (excludes halogenated alkanes) is 1. The molecule has 1 amide bonds. The van der Waals surface area contributed by atoms with Crippen LogP contribution in [0.4, 0.5) is 13.2 Å². The number of hydrogen-bond acceptors (Lipinski definition) is 2. The number of aryl methyl sites for hydroxylation is 1. The monoisotopic (exact) mass is 456 g/mol. The summed E-state index contributed by atoms with van der Waals surface area (Å²) in [7, 11) is 0. The number of fused-ring (bicyclic) bond motifs is 3. The molecule has 0 atom stereocenters. The molecule has 0 aliphatic carbocycles. The molecular formula is C25H23F3N2OS. The molecule has 0 spiro atoms. The Labute approximate surface area is 188 Å². The van der Waals surface area contributed by atoms with Crippen molar-refractivity contribution < 1.29 is 18.0 Å². The summed E-state index contributed by atoms with van der Waals surface area (Å²) in [6, 6.07) is 18.1. The van der Waals surface area contributed by atoms with Gasteiger partial charge in [-0.1, -0.05) is 43.7 Å². The lowest BCUT2D eigenvalue weighted by atomic mass is 10.0. The van der Waals surface area contributed by atoms with Gasteiger partial charge in [-0.15, -0.1) is 0 Å². The molecule has 7 heteroatoms. The predicted octanol–water partition coefficient (Wildman–Crippen LogP) is 6.90. The van der Waals surface area contributed by atoms with E-state index in [0.29, 0.717) is 12.1 Å². The molecule has 0 aliphatic heterocycles. The molecule has 0 unspecified atom stereocenters. The van der Waals surface area contributed by atoms with Crippen LogP contribution in [0.1, 0.15) is 41.3 Å². The highest BCUT2D eigenvalue weighted by Crippen LogP contribution is 2.37. The molecular weight excluding hydrogens is 433 g/mol. The van der Waals surface area contributed by atoms with Crippen molar-refractivity contribution in [1.29, 1.82) is 0 Å². The SMILES string of the molecule is CCCCc1ccc2c3c(C(N)=O)cccc3n(Cc3ccc(SC(F)(F)F)cc3)c2c1. The second-order valence-electron chi connectivity index (χ2n) is 7.80. The fourth-order valence-electron chi connectivity index (χ4n) is 4.08. The van der Waals surface area contributed by atoms with Gasteiger partial charge in [0.25, 0.3) is 0 Å². The summed E-state index contributed by atoms with van der Waals surface area (Å²) in [5.74, 6) is -0.488. The number of amides is 1. The fourth-order valence-corrected chi connectivity index (χ4v) is 4.62. The molecule has 166 valence electrons. The molecule has 0 radical (unpaired) electrons. The molecule has 2 N–H and O–H groups in total. The fraction of sp³-hybridized carbons (Fsp3) is 0.240. The van der Waals surface area contributed by atoms with Crippen molar-refractivity contribution in [3.05, 3.63) is 77.4 Å². The van der Waals surface area contributed by atoms with Gasteiger partial charge in [-0.3, -0.25) is 4.79 Å². The predicted molar refractivity (Wildman–Crippen MR) is 124 cm³/mol. The van der Waals surface area contributed by atoms with E-state index in [1.54, 1.807) is 24.3 Å². The number of nitrogens with zero attached hydrogens (tertiary/aromatic N) is 1. The summed E-state index contributed by atoms with van der Waals surface area (Å²) in [4.78, 5) is 12.3. The Kier molecular flexibility index (Phi) is 6.20.